The second-order valence-corrected chi connectivity index (χ2v) is 27.6. The fourth-order valence-corrected chi connectivity index (χ4v) is 13.1. The van der Waals surface area contributed by atoms with Crippen molar-refractivity contribution >= 4 is 94.1 Å². The summed E-state index contributed by atoms with van der Waals surface area (Å²) in [4.78, 5) is 185. The van der Waals surface area contributed by atoms with E-state index in [0.717, 1.165) is 78.5 Å². The molecule has 0 radical (unpaired) electrons. The van der Waals surface area contributed by atoms with Crippen LogP contribution in [0.15, 0.2) is 42.5 Å². The van der Waals surface area contributed by atoms with Crippen molar-refractivity contribution in [2.45, 2.75) is 180 Å². The van der Waals surface area contributed by atoms with Crippen LogP contribution in [0, 0.1) is 17.8 Å². The van der Waals surface area contributed by atoms with Crippen LogP contribution in [-0.2, 0) is 76.6 Å². The van der Waals surface area contributed by atoms with Gasteiger partial charge in [-0.15, -0.1) is 0 Å². The maximum Gasteiger partial charge on any atom is 0.417 e. The quantitative estimate of drug-likeness (QED) is 0.272. The lowest BCUT2D eigenvalue weighted by Gasteiger charge is -2.38. The Balaban J connectivity index is 1.61. The number of rotatable bonds is 11. The summed E-state index contributed by atoms with van der Waals surface area (Å²) in [6.07, 6.45) is 0.0193. The summed E-state index contributed by atoms with van der Waals surface area (Å²) in [5, 5.41) is 7.74. The molecule has 0 bridgehead atoms. The van der Waals surface area contributed by atoms with Crippen LogP contribution in [0.5, 0.6) is 0 Å². The van der Waals surface area contributed by atoms with Gasteiger partial charge in [-0.2, -0.15) is 13.2 Å². The van der Waals surface area contributed by atoms with Crippen LogP contribution in [0.1, 0.15) is 129 Å². The molecule has 3 fully saturated rings. The molecule has 538 valence electrons. The van der Waals surface area contributed by atoms with E-state index in [1.807, 2.05) is 0 Å². The number of likely N-dealkylation sites (N-methyl/N-ethyl adjacent to an activating group) is 8. The van der Waals surface area contributed by atoms with Crippen molar-refractivity contribution in [1.82, 2.24) is 60.0 Å². The molecule has 2 aromatic rings. The SMILES string of the molecule is CC[C@H](C)[C@@H]1NC(=O)[C@H](C)N(C)C(=O)C[C@@H](C(=O)N2CCCC2)N(C)C(=O)[C@H](C(C)C)N(C)C(=O)[C@H](C)NC(=O)[C@H](Cc2ccccc2Cl)N(C)C(=O)[C@H](CCc2ccc(C(F)(F)F)c(Cl)c2)NC(=O)CN(C)C(=O)[C@H](CC2CCCCC2)N(C)C(=O)CN(C)C(=O)CN(C)C1=O. The van der Waals surface area contributed by atoms with E-state index >= 15 is 9.59 Å². The number of halogens is 5. The Morgan fingerprint density at radius 2 is 1.22 bits per heavy atom. The molecule has 9 atom stereocenters. The molecular formula is C68H99Cl2F3N12O12. The topological polar surface area (TPSA) is 270 Å². The number of hydrogen-bond donors (Lipinski definition) is 3. The van der Waals surface area contributed by atoms with E-state index in [9.17, 15) is 61.1 Å². The van der Waals surface area contributed by atoms with E-state index in [1.165, 1.54) is 86.1 Å². The smallest absolute Gasteiger partial charge is 0.343 e. The highest BCUT2D eigenvalue weighted by Crippen LogP contribution is 2.36. The Hall–Kier alpha value is -7.55. The van der Waals surface area contributed by atoms with E-state index in [2.05, 4.69) is 16.0 Å². The van der Waals surface area contributed by atoms with Gasteiger partial charge in [-0.3, -0.25) is 57.5 Å². The van der Waals surface area contributed by atoms with E-state index in [1.54, 1.807) is 52.0 Å². The average molecular weight is 1400 g/mol. The number of hydrogen-bond acceptors (Lipinski definition) is 12. The van der Waals surface area contributed by atoms with Crippen molar-refractivity contribution in [1.29, 1.82) is 0 Å². The van der Waals surface area contributed by atoms with Crippen LogP contribution >= 0.6 is 23.2 Å². The average Bonchev–Trinajstić information content (AvgIpc) is 1.47. The van der Waals surface area contributed by atoms with E-state index in [-0.39, 0.29) is 42.2 Å². The Bertz CT molecular complexity index is 3190. The minimum atomic E-state index is -4.79. The Morgan fingerprint density at radius 3 is 1.80 bits per heavy atom. The molecule has 3 N–H and O–H groups in total. The predicted molar refractivity (Wildman–Crippen MR) is 359 cm³/mol. The molecule has 1 saturated carbocycles. The number of benzene rings is 2. The molecule has 24 nitrogen and oxygen atoms in total. The van der Waals surface area contributed by atoms with Gasteiger partial charge in [-0.25, -0.2) is 0 Å². The molecule has 5 rings (SSSR count). The fraction of sp³-hybridized carbons (Fsp3) is 0.647. The standard InChI is InChI=1S/C68H99Cl2F3N12O12/c1-15-41(4)58-66(96)79(9)38-56(88)77(7)39-57(89)81(11)52(34-44-23-17-16-18-24-44)64(94)78(8)37-54(86)75-50(30-28-45-27-29-47(49(70)33-45)68(71,72)73)63(93)82(12)51(35-46-25-19-20-26-48(46)69)61(91)74-42(5)62(92)84(14)59(40(2)3)67(97)83(13)53(65(95)85-31-21-22-32-85)36-55(87)80(10)43(6)60(90)76-58/h19-20,25-27,29,33,40-44,50-53,58-59H,15-18,21-24,28,30-32,34-39H2,1-14H3,(H,74,91)(H,75,86)(H,76,90)/t41-,42-,43-,50-,51-,52-,53-,58-,59-/m0/s1. The van der Waals surface area contributed by atoms with Gasteiger partial charge in [-0.05, 0) is 93.0 Å². The van der Waals surface area contributed by atoms with Gasteiger partial charge in [0.1, 0.15) is 48.3 Å². The molecule has 1 aliphatic carbocycles. The first kappa shape index (κ1) is 80.1. The van der Waals surface area contributed by atoms with Gasteiger partial charge in [0.25, 0.3) is 0 Å². The molecule has 2 aromatic carbocycles. The molecule has 97 heavy (non-hydrogen) atoms. The summed E-state index contributed by atoms with van der Waals surface area (Å²) in [6.45, 7) is 8.54. The van der Waals surface area contributed by atoms with Crippen LogP contribution in [0.25, 0.3) is 0 Å². The molecule has 2 heterocycles. The number of carbonyl (C=O) groups is 12. The molecule has 29 heteroatoms. The minimum absolute atomic E-state index is 0.00661. The second-order valence-electron chi connectivity index (χ2n) is 26.8. The molecule has 2 aliphatic heterocycles. The monoisotopic (exact) mass is 1400 g/mol. The molecule has 0 aromatic heterocycles. The number of nitrogens with one attached hydrogen (secondary N) is 3. The largest absolute Gasteiger partial charge is 0.417 e. The van der Waals surface area contributed by atoms with Gasteiger partial charge in [0.2, 0.25) is 70.9 Å². The first-order valence-electron chi connectivity index (χ1n) is 33.2. The molecule has 0 spiro atoms. The highest BCUT2D eigenvalue weighted by atomic mass is 35.5. The number of aryl methyl sites for hydroxylation is 1. The van der Waals surface area contributed by atoms with Crippen molar-refractivity contribution in [3.63, 3.8) is 0 Å². The summed E-state index contributed by atoms with van der Waals surface area (Å²) >= 11 is 12.8. The van der Waals surface area contributed by atoms with Gasteiger partial charge >= 0.3 is 6.18 Å². The van der Waals surface area contributed by atoms with Crippen molar-refractivity contribution in [2.75, 3.05) is 89.1 Å². The van der Waals surface area contributed by atoms with Crippen LogP contribution < -0.4 is 16.0 Å². The lowest BCUT2D eigenvalue weighted by atomic mass is 9.84. The second kappa shape index (κ2) is 35.8. The normalized spacial score (nSPS) is 25.1. The number of amides is 12. The van der Waals surface area contributed by atoms with Crippen LogP contribution in [0.4, 0.5) is 13.2 Å². The van der Waals surface area contributed by atoms with Gasteiger partial charge < -0.3 is 60.0 Å². The first-order valence-corrected chi connectivity index (χ1v) is 34.0. The number of nitrogens with zero attached hydrogens (tertiary/aromatic N) is 9. The van der Waals surface area contributed by atoms with Gasteiger partial charge in [0, 0.05) is 80.9 Å². The molecule has 3 aliphatic rings. The molecule has 2 saturated heterocycles. The predicted octanol–water partition coefficient (Wildman–Crippen LogP) is 4.89. The summed E-state index contributed by atoms with van der Waals surface area (Å²) in [7, 11) is 10.7. The highest BCUT2D eigenvalue weighted by Gasteiger charge is 2.44. The van der Waals surface area contributed by atoms with Gasteiger partial charge in [0.15, 0.2) is 0 Å². The Morgan fingerprint density at radius 1 is 0.608 bits per heavy atom. The maximum atomic E-state index is 15.2. The zero-order chi connectivity index (χ0) is 72.7. The third-order valence-electron chi connectivity index (χ3n) is 19.3. The van der Waals surface area contributed by atoms with Crippen LogP contribution in [0.3, 0.4) is 0 Å². The molecule has 12 amide bonds. The number of alkyl halides is 3. The van der Waals surface area contributed by atoms with Crippen LogP contribution in [-0.4, -0.2) is 252 Å². The van der Waals surface area contributed by atoms with Crippen LogP contribution in [0.2, 0.25) is 10.0 Å². The van der Waals surface area contributed by atoms with E-state index in [0.29, 0.717) is 37.9 Å². The van der Waals surface area contributed by atoms with Crippen molar-refractivity contribution in [3.05, 3.63) is 69.2 Å². The minimum Gasteiger partial charge on any atom is -0.343 e. The lowest BCUT2D eigenvalue weighted by molar-refractivity contribution is -0.154. The third kappa shape index (κ3) is 21.2. The third-order valence-corrected chi connectivity index (χ3v) is 20.0. The number of likely N-dealkylation sites (tertiary alicyclic amines) is 1. The zero-order valence-corrected chi connectivity index (χ0v) is 59.9. The molecule has 0 unspecified atom stereocenters. The maximum absolute atomic E-state index is 15.2. The first-order chi connectivity index (χ1) is 45.4. The summed E-state index contributed by atoms with van der Waals surface area (Å²) in [5.41, 5.74) is -0.481. The summed E-state index contributed by atoms with van der Waals surface area (Å²) < 4.78 is 41.6. The molecular weight excluding hydrogens is 1300 g/mol. The Labute approximate surface area is 577 Å². The highest BCUT2D eigenvalue weighted by molar-refractivity contribution is 6.31. The van der Waals surface area contributed by atoms with Gasteiger partial charge in [-0.1, -0.05) is 114 Å². The zero-order valence-electron chi connectivity index (χ0n) is 58.4. The lowest BCUT2D eigenvalue weighted by Crippen LogP contribution is -2.61. The van der Waals surface area contributed by atoms with Crippen molar-refractivity contribution in [2.24, 2.45) is 17.8 Å². The van der Waals surface area contributed by atoms with E-state index in [4.69, 9.17) is 23.2 Å². The number of carbonyl (C=O) groups excluding carboxylic acids is 12. The summed E-state index contributed by atoms with van der Waals surface area (Å²) in [5.74, 6) is -10.0. The van der Waals surface area contributed by atoms with Crippen molar-refractivity contribution < 1.29 is 70.7 Å². The Kier molecular flexibility index (Phi) is 29.6. The van der Waals surface area contributed by atoms with Gasteiger partial charge in [0.05, 0.1) is 36.6 Å². The fourth-order valence-electron chi connectivity index (χ4n) is 12.6. The summed E-state index contributed by atoms with van der Waals surface area (Å²) in [6, 6.07) is -1.39. The van der Waals surface area contributed by atoms with E-state index < -0.39 is 174 Å². The van der Waals surface area contributed by atoms with Crippen molar-refractivity contribution in [3.8, 4) is 0 Å².